The van der Waals surface area contributed by atoms with Crippen LogP contribution in [0.1, 0.15) is 400 Å². The van der Waals surface area contributed by atoms with E-state index >= 15 is 0 Å². The number of rotatable bonds is 72. The lowest BCUT2D eigenvalue weighted by molar-refractivity contribution is -0.870. The molecule has 0 aromatic rings. The Bertz CT molecular complexity index is 1600. The minimum absolute atomic E-state index is 0.0192. The number of nitrogens with zero attached hydrogens (tertiary/aromatic N) is 1. The van der Waals surface area contributed by atoms with E-state index in [1.807, 2.05) is 33.3 Å². The van der Waals surface area contributed by atoms with Crippen LogP contribution in [-0.4, -0.2) is 69.4 Å². The fourth-order valence-electron chi connectivity index (χ4n) is 11.9. The van der Waals surface area contributed by atoms with Crippen LogP contribution in [0.5, 0.6) is 0 Å². The third kappa shape index (κ3) is 68.6. The van der Waals surface area contributed by atoms with E-state index in [1.54, 1.807) is 0 Å². The van der Waals surface area contributed by atoms with Crippen molar-refractivity contribution < 1.29 is 37.3 Å². The van der Waals surface area contributed by atoms with E-state index in [-0.39, 0.29) is 31.5 Å². The van der Waals surface area contributed by atoms with Crippen molar-refractivity contribution in [2.75, 3.05) is 40.9 Å². The first kappa shape index (κ1) is 86.2. The average molecular weight is 1260 g/mol. The lowest BCUT2D eigenvalue weighted by Gasteiger charge is -2.30. The predicted octanol–water partition coefficient (Wildman–Crippen LogP) is 24.3. The van der Waals surface area contributed by atoms with E-state index in [1.165, 1.54) is 302 Å². The molecule has 1 N–H and O–H groups in total. The summed E-state index contributed by atoms with van der Waals surface area (Å²) < 4.78 is 30.5. The van der Waals surface area contributed by atoms with Gasteiger partial charge in [-0.05, 0) is 63.9 Å². The fraction of sp³-hybridized carbons (Fsp3) is 0.897. The molecule has 9 nitrogen and oxygen atoms in total. The highest BCUT2D eigenvalue weighted by molar-refractivity contribution is 7.45. The number of esters is 1. The number of amides is 1. The molecular weight excluding hydrogens is 1110 g/mol. The number of allylic oxidation sites excluding steroid dienone is 5. The minimum Gasteiger partial charge on any atom is -0.756 e. The molecule has 88 heavy (non-hydrogen) atoms. The van der Waals surface area contributed by atoms with Gasteiger partial charge < -0.3 is 28.5 Å². The smallest absolute Gasteiger partial charge is 0.306 e. The molecule has 0 spiro atoms. The number of likely N-dealkylation sites (N-methyl/N-ethyl adjacent to an activating group) is 1. The van der Waals surface area contributed by atoms with Crippen molar-refractivity contribution in [3.63, 3.8) is 0 Å². The minimum atomic E-state index is -4.70. The Hall–Kier alpha value is -1.77. The van der Waals surface area contributed by atoms with Crippen LogP contribution in [0.15, 0.2) is 36.5 Å². The number of unbranched alkanes of at least 4 members (excludes halogenated alkanes) is 52. The van der Waals surface area contributed by atoms with E-state index in [9.17, 15) is 19.0 Å². The Morgan fingerprint density at radius 1 is 0.398 bits per heavy atom. The first-order chi connectivity index (χ1) is 42.9. The standard InChI is InChI=1S/C78H151N2O7P/c1-7-10-13-16-19-22-25-28-30-32-34-36-38-39-40-41-43-45-47-49-51-53-56-59-62-65-68-71-78(82)87-76(69-66-63-60-57-54-27-24-21-18-15-12-9-3)75(74-86-88(83,84)85-73-72-80(4,5)6)79-77(81)70-67-64-61-58-55-52-50-48-46-44-42-37-35-33-31-29-26-23-20-17-14-11-8-2/h20,23,29,31,66,69,75-76H,7-19,21-22,24-28,30,32-65,67-68,70-74H2,1-6H3,(H-,79,81,83,84)/b23-20-,31-29-,69-66+. The van der Waals surface area contributed by atoms with Crippen molar-refractivity contribution in [2.24, 2.45) is 0 Å². The van der Waals surface area contributed by atoms with Crippen molar-refractivity contribution in [1.82, 2.24) is 5.32 Å². The molecular formula is C78H151N2O7P. The molecule has 3 unspecified atom stereocenters. The summed E-state index contributed by atoms with van der Waals surface area (Å²) in [6.07, 6.45) is 85.7. The molecule has 0 heterocycles. The third-order valence-corrected chi connectivity index (χ3v) is 18.8. The van der Waals surface area contributed by atoms with Crippen molar-refractivity contribution in [2.45, 2.75) is 412 Å². The first-order valence-electron chi connectivity index (χ1n) is 38.8. The van der Waals surface area contributed by atoms with Gasteiger partial charge in [0.25, 0.3) is 7.82 Å². The topological polar surface area (TPSA) is 114 Å². The second-order valence-electron chi connectivity index (χ2n) is 27.9. The molecule has 0 saturated carbocycles. The molecule has 0 radical (unpaired) electrons. The average Bonchev–Trinajstić information content (AvgIpc) is 3.53. The highest BCUT2D eigenvalue weighted by Gasteiger charge is 2.27. The molecule has 0 aromatic heterocycles. The molecule has 520 valence electrons. The molecule has 0 bridgehead atoms. The van der Waals surface area contributed by atoms with Gasteiger partial charge in [-0.3, -0.25) is 14.2 Å². The lowest BCUT2D eigenvalue weighted by Crippen LogP contribution is -2.47. The van der Waals surface area contributed by atoms with Gasteiger partial charge in [-0.25, -0.2) is 0 Å². The number of phosphoric acid groups is 1. The van der Waals surface area contributed by atoms with Crippen LogP contribution in [-0.2, 0) is 27.9 Å². The fourth-order valence-corrected chi connectivity index (χ4v) is 12.6. The maximum absolute atomic E-state index is 13.6. The number of carbonyl (C=O) groups is 2. The first-order valence-corrected chi connectivity index (χ1v) is 40.3. The zero-order valence-corrected chi connectivity index (χ0v) is 60.6. The second-order valence-corrected chi connectivity index (χ2v) is 29.3. The van der Waals surface area contributed by atoms with Gasteiger partial charge in [0.05, 0.1) is 33.8 Å². The number of nitrogens with one attached hydrogen (secondary N) is 1. The highest BCUT2D eigenvalue weighted by Crippen LogP contribution is 2.38. The number of phosphoric ester groups is 1. The molecule has 10 heteroatoms. The highest BCUT2D eigenvalue weighted by atomic mass is 31.2. The summed E-state index contributed by atoms with van der Waals surface area (Å²) in [6.45, 7) is 6.89. The summed E-state index contributed by atoms with van der Waals surface area (Å²) >= 11 is 0. The van der Waals surface area contributed by atoms with E-state index in [4.69, 9.17) is 13.8 Å². The number of hydrogen-bond donors (Lipinski definition) is 1. The maximum Gasteiger partial charge on any atom is 0.306 e. The van der Waals surface area contributed by atoms with Gasteiger partial charge in [-0.15, -0.1) is 0 Å². The van der Waals surface area contributed by atoms with Crippen LogP contribution in [0.2, 0.25) is 0 Å². The van der Waals surface area contributed by atoms with Gasteiger partial charge in [-0.2, -0.15) is 0 Å². The van der Waals surface area contributed by atoms with Crippen LogP contribution in [0.3, 0.4) is 0 Å². The van der Waals surface area contributed by atoms with Crippen molar-refractivity contribution >= 4 is 19.7 Å². The Morgan fingerprint density at radius 3 is 1.05 bits per heavy atom. The van der Waals surface area contributed by atoms with Crippen LogP contribution in [0.4, 0.5) is 0 Å². The van der Waals surface area contributed by atoms with Crippen LogP contribution in [0.25, 0.3) is 0 Å². The normalized spacial score (nSPS) is 13.6. The van der Waals surface area contributed by atoms with Gasteiger partial charge in [0.15, 0.2) is 0 Å². The molecule has 1 amide bonds. The zero-order chi connectivity index (χ0) is 64.2. The second kappa shape index (κ2) is 68.1. The largest absolute Gasteiger partial charge is 0.756 e. The molecule has 0 aromatic carbocycles. The Morgan fingerprint density at radius 2 is 0.693 bits per heavy atom. The number of ether oxygens (including phenoxy) is 1. The summed E-state index contributed by atoms with van der Waals surface area (Å²) in [5.74, 6) is -0.518. The van der Waals surface area contributed by atoms with E-state index in [2.05, 4.69) is 50.4 Å². The number of quaternary nitrogens is 1. The summed E-state index contributed by atoms with van der Waals surface area (Å²) in [5.41, 5.74) is 0. The summed E-state index contributed by atoms with van der Waals surface area (Å²) in [5, 5.41) is 3.06. The van der Waals surface area contributed by atoms with Crippen molar-refractivity contribution in [3.8, 4) is 0 Å². The number of hydrogen-bond acceptors (Lipinski definition) is 7. The molecule has 0 aliphatic heterocycles. The maximum atomic E-state index is 13.6. The monoisotopic (exact) mass is 1260 g/mol. The van der Waals surface area contributed by atoms with Gasteiger partial charge in [0.2, 0.25) is 5.91 Å². The summed E-state index contributed by atoms with van der Waals surface area (Å²) in [7, 11) is 1.21. The van der Waals surface area contributed by atoms with Crippen molar-refractivity contribution in [1.29, 1.82) is 0 Å². The van der Waals surface area contributed by atoms with Gasteiger partial charge >= 0.3 is 5.97 Å². The van der Waals surface area contributed by atoms with E-state index < -0.39 is 20.0 Å². The van der Waals surface area contributed by atoms with Gasteiger partial charge in [0.1, 0.15) is 19.3 Å². The third-order valence-electron chi connectivity index (χ3n) is 17.8. The van der Waals surface area contributed by atoms with Crippen LogP contribution < -0.4 is 10.2 Å². The molecule has 0 saturated heterocycles. The Balaban J connectivity index is 4.91. The van der Waals surface area contributed by atoms with Gasteiger partial charge in [-0.1, -0.05) is 359 Å². The predicted molar refractivity (Wildman–Crippen MR) is 381 cm³/mol. The summed E-state index contributed by atoms with van der Waals surface area (Å²) in [6, 6.07) is -0.886. The van der Waals surface area contributed by atoms with E-state index in [0.29, 0.717) is 17.4 Å². The van der Waals surface area contributed by atoms with E-state index in [0.717, 1.165) is 64.2 Å². The SMILES string of the molecule is CCCCC/C=C\C/C=C\CCCCCCCCCCCCCCCC(=O)NC(COP(=O)([O-])OCC[N+](C)(C)C)C(/C=C/CCCCCCCCCCCC)OC(=O)CCCCCCCCCCCCCCCCCCCCCCCCCCCCC. The molecule has 3 atom stereocenters. The summed E-state index contributed by atoms with van der Waals surface area (Å²) in [4.78, 5) is 40.3. The Labute approximate surface area is 548 Å². The quantitative estimate of drug-likeness (QED) is 0.0212. The van der Waals surface area contributed by atoms with Crippen LogP contribution >= 0.6 is 7.82 Å². The molecule has 0 aliphatic rings. The molecule has 0 rings (SSSR count). The molecule has 0 aliphatic carbocycles. The van der Waals surface area contributed by atoms with Gasteiger partial charge in [0, 0.05) is 12.8 Å². The zero-order valence-electron chi connectivity index (χ0n) is 59.7. The van der Waals surface area contributed by atoms with Crippen LogP contribution in [0, 0.1) is 0 Å². The van der Waals surface area contributed by atoms with Crippen molar-refractivity contribution in [3.05, 3.63) is 36.5 Å². The molecule has 0 fully saturated rings. The number of carbonyl (C=O) groups excluding carboxylic acids is 2. The Kier molecular flexibility index (Phi) is 66.7. The lowest BCUT2D eigenvalue weighted by atomic mass is 10.0.